The Kier molecular flexibility index (Phi) is 4.88. The number of carbonyl (C=O) groups excluding carboxylic acids is 1. The summed E-state index contributed by atoms with van der Waals surface area (Å²) in [6.45, 7) is 1.15. The van der Waals surface area contributed by atoms with Crippen molar-refractivity contribution in [2.45, 2.75) is 25.2 Å². The lowest BCUT2D eigenvalue weighted by Crippen LogP contribution is -2.37. The molecular formula is C17H20N2O4S. The Balaban J connectivity index is 1.56. The summed E-state index contributed by atoms with van der Waals surface area (Å²) in [7, 11) is -3.61. The second kappa shape index (κ2) is 6.91. The van der Waals surface area contributed by atoms with E-state index in [0.29, 0.717) is 38.0 Å². The van der Waals surface area contributed by atoms with E-state index in [9.17, 15) is 13.2 Å². The van der Waals surface area contributed by atoms with Crippen molar-refractivity contribution in [1.82, 2.24) is 4.72 Å². The average molecular weight is 348 g/mol. The molecule has 1 saturated carbocycles. The van der Waals surface area contributed by atoms with Crippen molar-refractivity contribution >= 4 is 15.9 Å². The van der Waals surface area contributed by atoms with Crippen molar-refractivity contribution in [1.29, 1.82) is 5.26 Å². The summed E-state index contributed by atoms with van der Waals surface area (Å²) in [6.07, 6.45) is 2.04. The zero-order valence-electron chi connectivity index (χ0n) is 13.3. The second-order valence-corrected chi connectivity index (χ2v) is 8.26. The number of nitrogens with zero attached hydrogens (tertiary/aromatic N) is 1. The molecule has 24 heavy (non-hydrogen) atoms. The van der Waals surface area contributed by atoms with Gasteiger partial charge in [-0.25, -0.2) is 8.42 Å². The van der Waals surface area contributed by atoms with Crippen LogP contribution in [0.15, 0.2) is 24.3 Å². The van der Waals surface area contributed by atoms with Gasteiger partial charge in [0.2, 0.25) is 15.9 Å². The first kappa shape index (κ1) is 16.9. The summed E-state index contributed by atoms with van der Waals surface area (Å²) >= 11 is 0. The van der Waals surface area contributed by atoms with Crippen LogP contribution < -0.4 is 4.72 Å². The van der Waals surface area contributed by atoms with E-state index in [1.807, 2.05) is 6.07 Å². The number of sulfonamides is 1. The van der Waals surface area contributed by atoms with E-state index >= 15 is 0 Å². The fourth-order valence-corrected chi connectivity index (χ4v) is 4.68. The number of ether oxygens (including phenoxy) is 1. The summed E-state index contributed by atoms with van der Waals surface area (Å²) in [5.41, 5.74) is 1.46. The molecule has 128 valence electrons. The van der Waals surface area contributed by atoms with Gasteiger partial charge in [-0.05, 0) is 48.8 Å². The van der Waals surface area contributed by atoms with E-state index in [0.717, 1.165) is 5.56 Å². The fraction of sp³-hybridized carbons (Fsp3) is 0.529. The predicted octanol–water partition coefficient (Wildman–Crippen LogP) is 1.53. The van der Waals surface area contributed by atoms with Crippen LogP contribution in [0.25, 0.3) is 0 Å². The van der Waals surface area contributed by atoms with E-state index in [4.69, 9.17) is 10.00 Å². The van der Waals surface area contributed by atoms with Gasteiger partial charge in [-0.1, -0.05) is 12.1 Å². The summed E-state index contributed by atoms with van der Waals surface area (Å²) in [4.78, 5) is 12.2. The Morgan fingerprint density at radius 3 is 2.79 bits per heavy atom. The van der Waals surface area contributed by atoms with Crippen molar-refractivity contribution in [3.05, 3.63) is 35.4 Å². The minimum atomic E-state index is -3.61. The van der Waals surface area contributed by atoms with Crippen LogP contribution in [-0.2, 0) is 19.6 Å². The Morgan fingerprint density at radius 1 is 1.33 bits per heavy atom. The number of nitrogens with one attached hydrogen (secondary N) is 1. The predicted molar refractivity (Wildman–Crippen MR) is 87.5 cm³/mol. The largest absolute Gasteiger partial charge is 0.381 e. The Hall–Kier alpha value is -1.91. The molecule has 0 bridgehead atoms. The highest BCUT2D eigenvalue weighted by Crippen LogP contribution is 2.47. The molecule has 3 rings (SSSR count). The topological polar surface area (TPSA) is 96.3 Å². The lowest BCUT2D eigenvalue weighted by atomic mass is 10.0. The van der Waals surface area contributed by atoms with Crippen LogP contribution in [0.3, 0.4) is 0 Å². The first-order valence-electron chi connectivity index (χ1n) is 8.10. The van der Waals surface area contributed by atoms with Gasteiger partial charge in [-0.3, -0.25) is 9.52 Å². The van der Waals surface area contributed by atoms with Gasteiger partial charge >= 0.3 is 0 Å². The lowest BCUT2D eigenvalue weighted by molar-refractivity contribution is -0.120. The first-order valence-corrected chi connectivity index (χ1v) is 9.76. The molecule has 0 unspecified atom stereocenters. The summed E-state index contributed by atoms with van der Waals surface area (Å²) in [5, 5.41) is 8.93. The van der Waals surface area contributed by atoms with E-state index in [1.54, 1.807) is 18.2 Å². The van der Waals surface area contributed by atoms with E-state index < -0.39 is 15.9 Å². The molecule has 2 atom stereocenters. The van der Waals surface area contributed by atoms with Crippen LogP contribution in [0.2, 0.25) is 0 Å². The molecule has 1 aromatic carbocycles. The zero-order valence-corrected chi connectivity index (χ0v) is 14.1. The van der Waals surface area contributed by atoms with Crippen LogP contribution in [0, 0.1) is 23.2 Å². The highest BCUT2D eigenvalue weighted by atomic mass is 32.2. The minimum Gasteiger partial charge on any atom is -0.381 e. The Bertz CT molecular complexity index is 763. The third kappa shape index (κ3) is 4.13. The SMILES string of the molecule is N#Cc1cccc([C@H]2C[C@H]2C(=O)NS(=O)(=O)CC2CCOCC2)c1. The van der Waals surface area contributed by atoms with Gasteiger partial charge in [0.15, 0.2) is 0 Å². The van der Waals surface area contributed by atoms with Crippen molar-refractivity contribution in [2.75, 3.05) is 19.0 Å². The fourth-order valence-electron chi connectivity index (χ4n) is 3.19. The molecule has 0 spiro atoms. The molecule has 1 N–H and O–H groups in total. The maximum atomic E-state index is 12.2. The summed E-state index contributed by atoms with van der Waals surface area (Å²) in [5.74, 6) is -0.746. The molecular weight excluding hydrogens is 328 g/mol. The van der Waals surface area contributed by atoms with Gasteiger partial charge in [0, 0.05) is 19.1 Å². The van der Waals surface area contributed by atoms with Gasteiger partial charge in [0.05, 0.1) is 17.4 Å². The zero-order chi connectivity index (χ0) is 17.2. The van der Waals surface area contributed by atoms with Crippen LogP contribution in [0.4, 0.5) is 0 Å². The second-order valence-electron chi connectivity index (χ2n) is 6.49. The average Bonchev–Trinajstić information content (AvgIpc) is 3.36. The lowest BCUT2D eigenvalue weighted by Gasteiger charge is -2.21. The molecule has 1 heterocycles. The third-order valence-electron chi connectivity index (χ3n) is 4.62. The number of rotatable bonds is 5. The van der Waals surface area contributed by atoms with Crippen LogP contribution in [0.5, 0.6) is 0 Å². The van der Waals surface area contributed by atoms with Crippen molar-refractivity contribution in [2.24, 2.45) is 11.8 Å². The molecule has 6 nitrogen and oxygen atoms in total. The highest BCUT2D eigenvalue weighted by Gasteiger charge is 2.45. The van der Waals surface area contributed by atoms with Gasteiger partial charge in [-0.15, -0.1) is 0 Å². The minimum absolute atomic E-state index is 0.00317. The van der Waals surface area contributed by atoms with Crippen molar-refractivity contribution < 1.29 is 17.9 Å². The molecule has 7 heteroatoms. The molecule has 0 radical (unpaired) electrons. The smallest absolute Gasteiger partial charge is 0.237 e. The third-order valence-corrected chi connectivity index (χ3v) is 6.05. The molecule has 1 amide bonds. The molecule has 0 aromatic heterocycles. The maximum Gasteiger partial charge on any atom is 0.237 e. The number of benzene rings is 1. The number of hydrogen-bond acceptors (Lipinski definition) is 5. The molecule has 1 saturated heterocycles. The quantitative estimate of drug-likeness (QED) is 0.870. The Labute approximate surface area is 141 Å². The van der Waals surface area contributed by atoms with Gasteiger partial charge in [-0.2, -0.15) is 5.26 Å². The van der Waals surface area contributed by atoms with E-state index in [2.05, 4.69) is 10.8 Å². The number of nitriles is 1. The molecule has 1 aliphatic heterocycles. The normalized spacial score (nSPS) is 24.1. The number of carbonyl (C=O) groups is 1. The van der Waals surface area contributed by atoms with Crippen LogP contribution in [-0.4, -0.2) is 33.3 Å². The molecule has 1 aromatic rings. The van der Waals surface area contributed by atoms with Gasteiger partial charge in [0.25, 0.3) is 0 Å². The van der Waals surface area contributed by atoms with Gasteiger partial charge in [0.1, 0.15) is 0 Å². The molecule has 1 aliphatic carbocycles. The summed E-state index contributed by atoms with van der Waals surface area (Å²) in [6, 6.07) is 9.19. The highest BCUT2D eigenvalue weighted by molar-refractivity contribution is 7.90. The van der Waals surface area contributed by atoms with E-state index in [-0.39, 0.29) is 23.5 Å². The standard InChI is InChI=1S/C17H20N2O4S/c18-10-13-2-1-3-14(8-13)15-9-16(15)17(20)19-24(21,22)11-12-4-6-23-7-5-12/h1-3,8,12,15-16H,4-7,9,11H2,(H,19,20)/t15-,16-/m1/s1. The van der Waals surface area contributed by atoms with Crippen molar-refractivity contribution in [3.63, 3.8) is 0 Å². The van der Waals surface area contributed by atoms with Crippen molar-refractivity contribution in [3.8, 4) is 6.07 Å². The number of hydrogen-bond donors (Lipinski definition) is 1. The number of amides is 1. The van der Waals surface area contributed by atoms with Gasteiger partial charge < -0.3 is 4.74 Å². The molecule has 2 fully saturated rings. The monoisotopic (exact) mass is 348 g/mol. The summed E-state index contributed by atoms with van der Waals surface area (Å²) < 4.78 is 31.8. The maximum absolute atomic E-state index is 12.2. The van der Waals surface area contributed by atoms with Crippen LogP contribution >= 0.6 is 0 Å². The Morgan fingerprint density at radius 2 is 2.08 bits per heavy atom. The first-order chi connectivity index (χ1) is 11.5. The van der Waals surface area contributed by atoms with E-state index in [1.165, 1.54) is 0 Å². The van der Waals surface area contributed by atoms with Crippen LogP contribution in [0.1, 0.15) is 36.3 Å². The molecule has 2 aliphatic rings.